The van der Waals surface area contributed by atoms with Crippen LogP contribution in [-0.4, -0.2) is 11.5 Å². The van der Waals surface area contributed by atoms with Crippen molar-refractivity contribution >= 4 is 26.7 Å². The molecule has 2 nitrogen and oxygen atoms in total. The molecule has 0 spiro atoms. The maximum Gasteiger partial charge on any atom is 0.183 e. The Labute approximate surface area is 125 Å². The van der Waals surface area contributed by atoms with E-state index in [1.165, 1.54) is 35.6 Å². The van der Waals surface area contributed by atoms with Gasteiger partial charge in [-0.2, -0.15) is 0 Å². The summed E-state index contributed by atoms with van der Waals surface area (Å²) >= 11 is 1.50. The van der Waals surface area contributed by atoms with Crippen LogP contribution in [-0.2, 0) is 6.42 Å². The van der Waals surface area contributed by atoms with Crippen LogP contribution in [0.1, 0.15) is 11.1 Å². The van der Waals surface area contributed by atoms with Crippen LogP contribution in [0.25, 0.3) is 10.2 Å². The molecule has 108 valence electrons. The first-order valence-electron chi connectivity index (χ1n) is 6.67. The third-order valence-electron chi connectivity index (χ3n) is 3.32. The number of halogens is 2. The van der Waals surface area contributed by atoms with E-state index in [0.29, 0.717) is 12.1 Å². The van der Waals surface area contributed by atoms with E-state index >= 15 is 0 Å². The van der Waals surface area contributed by atoms with Gasteiger partial charge in [-0.3, -0.25) is 0 Å². The average Bonchev–Trinajstić information content (AvgIpc) is 2.83. The lowest BCUT2D eigenvalue weighted by molar-refractivity contribution is 0.625. The maximum absolute atomic E-state index is 13.1. The lowest BCUT2D eigenvalue weighted by Crippen LogP contribution is -2.05. The van der Waals surface area contributed by atoms with Crippen LogP contribution in [0.3, 0.4) is 0 Å². The van der Waals surface area contributed by atoms with E-state index in [4.69, 9.17) is 0 Å². The third-order valence-corrected chi connectivity index (χ3v) is 4.32. The van der Waals surface area contributed by atoms with Crippen LogP contribution < -0.4 is 5.32 Å². The highest BCUT2D eigenvalue weighted by atomic mass is 32.1. The Morgan fingerprint density at radius 1 is 1.10 bits per heavy atom. The zero-order valence-corrected chi connectivity index (χ0v) is 12.3. The molecule has 0 aliphatic heterocycles. The summed E-state index contributed by atoms with van der Waals surface area (Å²) in [5.74, 6) is -0.487. The molecule has 5 heteroatoms. The molecule has 0 aliphatic carbocycles. The van der Waals surface area contributed by atoms with Gasteiger partial charge in [0.15, 0.2) is 5.13 Å². The molecular weight excluding hydrogens is 290 g/mol. The monoisotopic (exact) mass is 304 g/mol. The van der Waals surface area contributed by atoms with Crippen LogP contribution >= 0.6 is 11.3 Å². The minimum atomic E-state index is -0.277. The second kappa shape index (κ2) is 5.77. The first-order valence-corrected chi connectivity index (χ1v) is 7.48. The largest absolute Gasteiger partial charge is 0.361 e. The number of thiazole rings is 1. The molecule has 0 atom stereocenters. The van der Waals surface area contributed by atoms with Crippen molar-refractivity contribution in [2.75, 3.05) is 11.9 Å². The fraction of sp³-hybridized carbons (Fsp3) is 0.188. The molecule has 0 saturated heterocycles. The van der Waals surface area contributed by atoms with Gasteiger partial charge >= 0.3 is 0 Å². The van der Waals surface area contributed by atoms with Crippen LogP contribution in [0.15, 0.2) is 36.4 Å². The minimum Gasteiger partial charge on any atom is -0.361 e. The normalized spacial score (nSPS) is 11.0. The van der Waals surface area contributed by atoms with Crippen molar-refractivity contribution in [3.63, 3.8) is 0 Å². The van der Waals surface area contributed by atoms with Gasteiger partial charge in [-0.05, 0) is 48.7 Å². The van der Waals surface area contributed by atoms with Crippen LogP contribution in [0.2, 0.25) is 0 Å². The Bertz CT molecular complexity index is 783. The van der Waals surface area contributed by atoms with E-state index in [1.54, 1.807) is 12.1 Å². The van der Waals surface area contributed by atoms with Gasteiger partial charge in [-0.25, -0.2) is 13.8 Å². The molecule has 1 heterocycles. The predicted octanol–water partition coefficient (Wildman–Crippen LogP) is 4.54. The second-order valence-corrected chi connectivity index (χ2v) is 5.91. The van der Waals surface area contributed by atoms with Crippen molar-refractivity contribution < 1.29 is 8.78 Å². The van der Waals surface area contributed by atoms with Crippen LogP contribution in [0.5, 0.6) is 0 Å². The number of aromatic nitrogens is 1. The number of aryl methyl sites for hydroxylation is 1. The highest BCUT2D eigenvalue weighted by Crippen LogP contribution is 2.26. The van der Waals surface area contributed by atoms with Gasteiger partial charge in [-0.1, -0.05) is 17.4 Å². The van der Waals surface area contributed by atoms with Gasteiger partial charge in [0.1, 0.15) is 11.6 Å². The fourth-order valence-electron chi connectivity index (χ4n) is 2.22. The predicted molar refractivity (Wildman–Crippen MR) is 82.9 cm³/mol. The number of benzene rings is 2. The van der Waals surface area contributed by atoms with Crippen LogP contribution in [0, 0.1) is 18.6 Å². The summed E-state index contributed by atoms with van der Waals surface area (Å²) in [5, 5.41) is 4.01. The molecule has 3 rings (SSSR count). The van der Waals surface area contributed by atoms with Gasteiger partial charge < -0.3 is 5.32 Å². The van der Waals surface area contributed by atoms with E-state index in [2.05, 4.69) is 10.3 Å². The number of hydrogen-bond acceptors (Lipinski definition) is 3. The zero-order valence-electron chi connectivity index (χ0n) is 11.5. The van der Waals surface area contributed by atoms with Gasteiger partial charge in [-0.15, -0.1) is 0 Å². The van der Waals surface area contributed by atoms with Crippen molar-refractivity contribution in [1.29, 1.82) is 0 Å². The van der Waals surface area contributed by atoms with Crippen molar-refractivity contribution in [2.45, 2.75) is 13.3 Å². The first-order chi connectivity index (χ1) is 10.1. The molecule has 0 aliphatic rings. The molecular formula is C16H14F2N2S. The molecule has 0 radical (unpaired) electrons. The number of hydrogen-bond donors (Lipinski definition) is 1. The van der Waals surface area contributed by atoms with Crippen molar-refractivity contribution in [2.24, 2.45) is 0 Å². The maximum atomic E-state index is 13.1. The van der Waals surface area contributed by atoms with E-state index in [-0.39, 0.29) is 11.6 Å². The lowest BCUT2D eigenvalue weighted by Gasteiger charge is -2.06. The molecule has 21 heavy (non-hydrogen) atoms. The molecule has 1 aromatic heterocycles. The Morgan fingerprint density at radius 3 is 2.67 bits per heavy atom. The van der Waals surface area contributed by atoms with Gasteiger partial charge in [0.2, 0.25) is 0 Å². The van der Waals surface area contributed by atoms with Crippen molar-refractivity contribution in [1.82, 2.24) is 4.98 Å². The van der Waals surface area contributed by atoms with Crippen molar-refractivity contribution in [3.8, 4) is 0 Å². The van der Waals surface area contributed by atoms with Gasteiger partial charge in [0, 0.05) is 12.6 Å². The van der Waals surface area contributed by atoms with E-state index in [1.807, 2.05) is 6.92 Å². The molecule has 0 bridgehead atoms. The Kier molecular flexibility index (Phi) is 3.84. The summed E-state index contributed by atoms with van der Waals surface area (Å²) in [4.78, 5) is 4.35. The quantitative estimate of drug-likeness (QED) is 0.765. The topological polar surface area (TPSA) is 24.9 Å². The molecule has 0 saturated carbocycles. The highest BCUT2D eigenvalue weighted by molar-refractivity contribution is 7.22. The number of nitrogens with zero attached hydrogens (tertiary/aromatic N) is 1. The average molecular weight is 304 g/mol. The van der Waals surface area contributed by atoms with Gasteiger partial charge in [0.05, 0.1) is 10.2 Å². The van der Waals surface area contributed by atoms with E-state index in [9.17, 15) is 8.78 Å². The number of anilines is 1. The molecule has 0 unspecified atom stereocenters. The summed E-state index contributed by atoms with van der Waals surface area (Å²) in [7, 11) is 0. The zero-order chi connectivity index (χ0) is 14.8. The molecule has 1 N–H and O–H groups in total. The SMILES string of the molecule is Cc1cc(F)ccc1CCNc1nc2cc(F)ccc2s1. The first kappa shape index (κ1) is 13.9. The van der Waals surface area contributed by atoms with E-state index < -0.39 is 0 Å². The number of rotatable bonds is 4. The fourth-order valence-corrected chi connectivity index (χ4v) is 3.09. The lowest BCUT2D eigenvalue weighted by atomic mass is 10.1. The molecule has 3 aromatic rings. The Morgan fingerprint density at radius 2 is 1.86 bits per heavy atom. The van der Waals surface area contributed by atoms with Gasteiger partial charge in [0.25, 0.3) is 0 Å². The van der Waals surface area contributed by atoms with E-state index in [0.717, 1.165) is 27.4 Å². The molecule has 0 fully saturated rings. The minimum absolute atomic E-state index is 0.211. The summed E-state index contributed by atoms with van der Waals surface area (Å²) in [6, 6.07) is 9.42. The Hall–Kier alpha value is -2.01. The summed E-state index contributed by atoms with van der Waals surface area (Å²) < 4.78 is 27.1. The highest BCUT2D eigenvalue weighted by Gasteiger charge is 2.05. The van der Waals surface area contributed by atoms with Crippen LogP contribution in [0.4, 0.5) is 13.9 Å². The Balaban J connectivity index is 1.66. The molecule has 2 aromatic carbocycles. The smallest absolute Gasteiger partial charge is 0.183 e. The second-order valence-electron chi connectivity index (χ2n) is 4.88. The third kappa shape index (κ3) is 3.19. The number of nitrogens with one attached hydrogen (secondary N) is 1. The summed E-state index contributed by atoms with van der Waals surface area (Å²) in [5.41, 5.74) is 2.72. The summed E-state index contributed by atoms with van der Waals surface area (Å²) in [6.07, 6.45) is 0.788. The number of fused-ring (bicyclic) bond motifs is 1. The van der Waals surface area contributed by atoms with Crippen molar-refractivity contribution in [3.05, 3.63) is 59.2 Å². The standard InChI is InChI=1S/C16H14F2N2S/c1-10-8-12(17)3-2-11(10)6-7-19-16-20-14-9-13(18)4-5-15(14)21-16/h2-5,8-9H,6-7H2,1H3,(H,19,20). The molecule has 0 amide bonds. The summed E-state index contributed by atoms with van der Waals surface area (Å²) in [6.45, 7) is 2.60.